The van der Waals surface area contributed by atoms with Gasteiger partial charge in [-0.2, -0.15) is 5.10 Å². The molecule has 0 aliphatic carbocycles. The maximum Gasteiger partial charge on any atom is 0.168 e. The minimum absolute atomic E-state index is 0.741. The standard InChI is InChI=1S/C16H17N5/c1-12(2)8-9-17-15-14-10-20-21(16(14)19-11-18-15)13-6-4-3-5-7-13/h3-8,10-11H,9H2,1-2H3,(H,17,18,19). The second-order valence-corrected chi connectivity index (χ2v) is 5.01. The molecule has 0 saturated heterocycles. The van der Waals surface area contributed by atoms with Gasteiger partial charge in [-0.1, -0.05) is 29.8 Å². The second kappa shape index (κ2) is 5.75. The first-order valence-electron chi connectivity index (χ1n) is 6.87. The van der Waals surface area contributed by atoms with Crippen molar-refractivity contribution in [3.8, 4) is 5.69 Å². The van der Waals surface area contributed by atoms with Crippen molar-refractivity contribution in [1.29, 1.82) is 0 Å². The van der Waals surface area contributed by atoms with Crippen molar-refractivity contribution >= 4 is 16.9 Å². The third kappa shape index (κ3) is 2.76. The highest BCUT2D eigenvalue weighted by atomic mass is 15.3. The molecule has 0 radical (unpaired) electrons. The first kappa shape index (κ1) is 13.3. The van der Waals surface area contributed by atoms with Crippen LogP contribution in [0.15, 0.2) is 54.5 Å². The summed E-state index contributed by atoms with van der Waals surface area (Å²) in [6, 6.07) is 9.96. The maximum absolute atomic E-state index is 4.43. The molecule has 1 N–H and O–H groups in total. The summed E-state index contributed by atoms with van der Waals surface area (Å²) in [6.07, 6.45) is 5.48. The molecule has 0 unspecified atom stereocenters. The number of anilines is 1. The van der Waals surface area contributed by atoms with E-state index in [1.165, 1.54) is 5.57 Å². The number of para-hydroxylation sites is 1. The lowest BCUT2D eigenvalue weighted by atomic mass is 10.3. The summed E-state index contributed by atoms with van der Waals surface area (Å²) in [7, 11) is 0. The van der Waals surface area contributed by atoms with E-state index in [-0.39, 0.29) is 0 Å². The van der Waals surface area contributed by atoms with E-state index in [0.717, 1.165) is 29.1 Å². The molecule has 3 rings (SSSR count). The maximum atomic E-state index is 4.43. The van der Waals surface area contributed by atoms with Gasteiger partial charge in [0.1, 0.15) is 12.1 Å². The molecule has 21 heavy (non-hydrogen) atoms. The Balaban J connectivity index is 1.98. The number of fused-ring (bicyclic) bond motifs is 1. The van der Waals surface area contributed by atoms with Gasteiger partial charge in [0.15, 0.2) is 5.65 Å². The molecule has 0 saturated carbocycles. The topological polar surface area (TPSA) is 55.6 Å². The average molecular weight is 279 g/mol. The Morgan fingerprint density at radius 2 is 2.00 bits per heavy atom. The van der Waals surface area contributed by atoms with Gasteiger partial charge in [-0.3, -0.25) is 0 Å². The number of nitrogens with one attached hydrogen (secondary N) is 1. The van der Waals surface area contributed by atoms with Gasteiger partial charge in [-0.05, 0) is 26.0 Å². The lowest BCUT2D eigenvalue weighted by Gasteiger charge is -2.05. The number of nitrogens with zero attached hydrogens (tertiary/aromatic N) is 4. The minimum Gasteiger partial charge on any atom is -0.366 e. The zero-order valence-corrected chi connectivity index (χ0v) is 12.1. The molecule has 0 spiro atoms. The summed E-state index contributed by atoms with van der Waals surface area (Å²) >= 11 is 0. The van der Waals surface area contributed by atoms with E-state index in [2.05, 4.69) is 40.3 Å². The van der Waals surface area contributed by atoms with Crippen LogP contribution >= 0.6 is 0 Å². The Bertz CT molecular complexity index is 770. The molecule has 2 aromatic heterocycles. The summed E-state index contributed by atoms with van der Waals surface area (Å²) in [5, 5.41) is 8.65. The first-order chi connectivity index (χ1) is 10.3. The molecule has 0 amide bonds. The van der Waals surface area contributed by atoms with Crippen LogP contribution in [0, 0.1) is 0 Å². The first-order valence-corrected chi connectivity index (χ1v) is 6.87. The normalized spacial score (nSPS) is 10.6. The Labute approximate surface area is 123 Å². The van der Waals surface area contributed by atoms with Gasteiger partial charge in [0, 0.05) is 6.54 Å². The van der Waals surface area contributed by atoms with Crippen molar-refractivity contribution in [2.24, 2.45) is 0 Å². The van der Waals surface area contributed by atoms with Crippen LogP contribution in [0.25, 0.3) is 16.7 Å². The van der Waals surface area contributed by atoms with Crippen LogP contribution in [-0.2, 0) is 0 Å². The summed E-state index contributed by atoms with van der Waals surface area (Å²) in [5.41, 5.74) is 3.06. The Hall–Kier alpha value is -2.69. The van der Waals surface area contributed by atoms with E-state index in [9.17, 15) is 0 Å². The number of allylic oxidation sites excluding steroid dienone is 1. The van der Waals surface area contributed by atoms with Crippen LogP contribution in [0.5, 0.6) is 0 Å². The summed E-state index contributed by atoms with van der Waals surface area (Å²) in [5.74, 6) is 0.805. The van der Waals surface area contributed by atoms with E-state index in [0.29, 0.717) is 0 Å². The zero-order valence-electron chi connectivity index (χ0n) is 12.1. The summed E-state index contributed by atoms with van der Waals surface area (Å²) < 4.78 is 1.82. The molecule has 5 heteroatoms. The van der Waals surface area contributed by atoms with Crippen LogP contribution in [0.1, 0.15) is 13.8 Å². The Morgan fingerprint density at radius 3 is 2.76 bits per heavy atom. The number of hydrogen-bond donors (Lipinski definition) is 1. The van der Waals surface area contributed by atoms with E-state index >= 15 is 0 Å². The van der Waals surface area contributed by atoms with Gasteiger partial charge in [-0.25, -0.2) is 14.6 Å². The SMILES string of the molecule is CC(C)=CCNc1ncnc2c1cnn2-c1ccccc1. The van der Waals surface area contributed by atoms with Crippen molar-refractivity contribution < 1.29 is 0 Å². The highest BCUT2D eigenvalue weighted by molar-refractivity contribution is 5.87. The van der Waals surface area contributed by atoms with Crippen molar-refractivity contribution in [2.45, 2.75) is 13.8 Å². The number of hydrogen-bond acceptors (Lipinski definition) is 4. The zero-order chi connectivity index (χ0) is 14.7. The van der Waals surface area contributed by atoms with Crippen molar-refractivity contribution in [1.82, 2.24) is 19.7 Å². The molecule has 0 bridgehead atoms. The monoisotopic (exact) mass is 279 g/mol. The molecule has 0 aliphatic rings. The molecule has 2 heterocycles. The molecule has 1 aromatic carbocycles. The van der Waals surface area contributed by atoms with Crippen LogP contribution in [0.4, 0.5) is 5.82 Å². The molecule has 3 aromatic rings. The van der Waals surface area contributed by atoms with Gasteiger partial charge in [0.05, 0.1) is 17.3 Å². The molecule has 0 fully saturated rings. The van der Waals surface area contributed by atoms with E-state index < -0.39 is 0 Å². The number of aromatic nitrogens is 4. The van der Waals surface area contributed by atoms with Gasteiger partial charge in [-0.15, -0.1) is 0 Å². The minimum atomic E-state index is 0.741. The van der Waals surface area contributed by atoms with Crippen molar-refractivity contribution in [3.63, 3.8) is 0 Å². The Kier molecular flexibility index (Phi) is 3.64. The van der Waals surface area contributed by atoms with Gasteiger partial charge < -0.3 is 5.32 Å². The molecular formula is C16H17N5. The van der Waals surface area contributed by atoms with Gasteiger partial charge in [0.2, 0.25) is 0 Å². The molecular weight excluding hydrogens is 262 g/mol. The fourth-order valence-electron chi connectivity index (χ4n) is 2.09. The van der Waals surface area contributed by atoms with Crippen LogP contribution in [0.3, 0.4) is 0 Å². The van der Waals surface area contributed by atoms with Crippen LogP contribution in [-0.4, -0.2) is 26.3 Å². The largest absolute Gasteiger partial charge is 0.366 e. The predicted octanol–water partition coefficient (Wildman–Crippen LogP) is 3.19. The summed E-state index contributed by atoms with van der Waals surface area (Å²) in [6.45, 7) is 4.89. The van der Waals surface area contributed by atoms with Crippen LogP contribution < -0.4 is 5.32 Å². The number of benzene rings is 1. The fourth-order valence-corrected chi connectivity index (χ4v) is 2.09. The Morgan fingerprint density at radius 1 is 1.19 bits per heavy atom. The summed E-state index contributed by atoms with van der Waals surface area (Å²) in [4.78, 5) is 8.66. The average Bonchev–Trinajstić information content (AvgIpc) is 2.92. The smallest absolute Gasteiger partial charge is 0.168 e. The fraction of sp³-hybridized carbons (Fsp3) is 0.188. The lowest BCUT2D eigenvalue weighted by molar-refractivity contribution is 0.895. The lowest BCUT2D eigenvalue weighted by Crippen LogP contribution is -2.03. The van der Waals surface area contributed by atoms with Crippen LogP contribution in [0.2, 0.25) is 0 Å². The highest BCUT2D eigenvalue weighted by Crippen LogP contribution is 2.21. The molecule has 106 valence electrons. The molecule has 5 nitrogen and oxygen atoms in total. The van der Waals surface area contributed by atoms with Gasteiger partial charge in [0.25, 0.3) is 0 Å². The quantitative estimate of drug-likeness (QED) is 0.745. The highest BCUT2D eigenvalue weighted by Gasteiger charge is 2.10. The molecule has 0 atom stereocenters. The third-order valence-corrected chi connectivity index (χ3v) is 3.15. The van der Waals surface area contributed by atoms with Gasteiger partial charge >= 0.3 is 0 Å². The number of rotatable bonds is 4. The van der Waals surface area contributed by atoms with E-state index in [4.69, 9.17) is 0 Å². The second-order valence-electron chi connectivity index (χ2n) is 5.01. The third-order valence-electron chi connectivity index (χ3n) is 3.15. The van der Waals surface area contributed by atoms with E-state index in [1.54, 1.807) is 12.5 Å². The van der Waals surface area contributed by atoms with Crippen molar-refractivity contribution in [3.05, 3.63) is 54.5 Å². The van der Waals surface area contributed by atoms with E-state index in [1.807, 2.05) is 35.0 Å². The molecule has 0 aliphatic heterocycles. The predicted molar refractivity (Wildman–Crippen MR) is 84.6 cm³/mol. The van der Waals surface area contributed by atoms with Crippen molar-refractivity contribution in [2.75, 3.05) is 11.9 Å².